The van der Waals surface area contributed by atoms with Crippen molar-refractivity contribution in [3.8, 4) is 0 Å². The van der Waals surface area contributed by atoms with Gasteiger partial charge in [-0.15, -0.1) is 0 Å². The Balaban J connectivity index is 1.83. The molecule has 8 heteroatoms. The molecule has 2 aromatic carbocycles. The van der Waals surface area contributed by atoms with E-state index in [1.807, 2.05) is 25.1 Å². The zero-order chi connectivity index (χ0) is 20.9. The summed E-state index contributed by atoms with van der Waals surface area (Å²) in [4.78, 5) is 26.8. The zero-order valence-corrected chi connectivity index (χ0v) is 16.9. The van der Waals surface area contributed by atoms with Gasteiger partial charge in [0.15, 0.2) is 5.78 Å². The molecule has 1 unspecified atom stereocenters. The second-order valence-electron chi connectivity index (χ2n) is 7.05. The largest absolute Gasteiger partial charge is 0.416 e. The van der Waals surface area contributed by atoms with E-state index in [-0.39, 0.29) is 17.9 Å². The van der Waals surface area contributed by atoms with Gasteiger partial charge in [-0.25, -0.2) is 4.79 Å². The fourth-order valence-electron chi connectivity index (χ4n) is 3.90. The minimum absolute atomic E-state index is 0.0884. The number of carbonyl (C=O) groups is 2. The second-order valence-corrected chi connectivity index (χ2v) is 7.97. The van der Waals surface area contributed by atoms with E-state index in [0.717, 1.165) is 27.7 Å². The van der Waals surface area contributed by atoms with Crippen molar-refractivity contribution in [3.63, 3.8) is 0 Å². The molecule has 1 atom stereocenters. The van der Waals surface area contributed by atoms with Crippen molar-refractivity contribution >= 4 is 33.4 Å². The Hall–Kier alpha value is -2.61. The van der Waals surface area contributed by atoms with Gasteiger partial charge in [0, 0.05) is 22.2 Å². The minimum Gasteiger partial charge on any atom is -0.326 e. The average Bonchev–Trinajstić information content (AvgIpc) is 3.02. The van der Waals surface area contributed by atoms with Crippen molar-refractivity contribution < 1.29 is 22.8 Å². The normalized spacial score (nSPS) is 19.5. The van der Waals surface area contributed by atoms with Gasteiger partial charge in [0.05, 0.1) is 17.3 Å². The Morgan fingerprint density at radius 3 is 2.55 bits per heavy atom. The summed E-state index contributed by atoms with van der Waals surface area (Å²) in [6.45, 7) is 1.88. The van der Waals surface area contributed by atoms with E-state index >= 15 is 0 Å². The molecule has 1 aliphatic carbocycles. The van der Waals surface area contributed by atoms with E-state index in [2.05, 4.69) is 21.2 Å². The molecule has 1 aliphatic heterocycles. The van der Waals surface area contributed by atoms with Gasteiger partial charge in [0.25, 0.3) is 0 Å². The summed E-state index contributed by atoms with van der Waals surface area (Å²) in [6.07, 6.45) is -3.99. The van der Waals surface area contributed by atoms with E-state index in [4.69, 9.17) is 0 Å². The highest BCUT2D eigenvalue weighted by molar-refractivity contribution is 9.10. The Morgan fingerprint density at radius 1 is 1.10 bits per heavy atom. The molecule has 29 heavy (non-hydrogen) atoms. The van der Waals surface area contributed by atoms with Gasteiger partial charge < -0.3 is 5.32 Å². The molecular formula is C21H16BrF3N2O2. The molecule has 0 radical (unpaired) electrons. The molecule has 0 fully saturated rings. The van der Waals surface area contributed by atoms with Crippen LogP contribution >= 0.6 is 15.9 Å². The maximum absolute atomic E-state index is 13.1. The standard InChI is InChI=1S/C21H16BrF3N2O2/c1-11-9-13(22)5-6-15(11)19-18-16(7-8-17(18)28)27(20(29)26-19)14-4-2-3-12(10-14)21(23,24)25/h2-6,9-10,19H,7-8H2,1H3,(H,26,29). The summed E-state index contributed by atoms with van der Waals surface area (Å²) in [7, 11) is 0. The summed E-state index contributed by atoms with van der Waals surface area (Å²) in [5, 5.41) is 2.81. The number of urea groups is 1. The SMILES string of the molecule is Cc1cc(Br)ccc1C1NC(=O)N(c2cccc(C(F)(F)F)c2)C2=C1C(=O)CC2. The number of anilines is 1. The van der Waals surface area contributed by atoms with Gasteiger partial charge in [-0.2, -0.15) is 13.2 Å². The molecule has 0 saturated carbocycles. The number of carbonyl (C=O) groups excluding carboxylic acids is 2. The molecule has 0 spiro atoms. The topological polar surface area (TPSA) is 49.4 Å². The van der Waals surface area contributed by atoms with E-state index in [1.165, 1.54) is 17.0 Å². The monoisotopic (exact) mass is 464 g/mol. The molecule has 0 saturated heterocycles. The van der Waals surface area contributed by atoms with E-state index < -0.39 is 23.8 Å². The smallest absolute Gasteiger partial charge is 0.326 e. The van der Waals surface area contributed by atoms with E-state index in [9.17, 15) is 22.8 Å². The van der Waals surface area contributed by atoms with Crippen LogP contribution in [0.4, 0.5) is 23.7 Å². The molecular weight excluding hydrogens is 449 g/mol. The van der Waals surface area contributed by atoms with Crippen LogP contribution in [0.15, 0.2) is 58.2 Å². The van der Waals surface area contributed by atoms with Gasteiger partial charge >= 0.3 is 12.2 Å². The molecule has 2 amide bonds. The van der Waals surface area contributed by atoms with Crippen LogP contribution in [0, 0.1) is 6.92 Å². The van der Waals surface area contributed by atoms with Crippen LogP contribution in [0.2, 0.25) is 0 Å². The zero-order valence-electron chi connectivity index (χ0n) is 15.3. The fraction of sp³-hybridized carbons (Fsp3) is 0.238. The number of benzene rings is 2. The van der Waals surface area contributed by atoms with Crippen LogP contribution in [-0.2, 0) is 11.0 Å². The molecule has 4 nitrogen and oxygen atoms in total. The number of nitrogens with zero attached hydrogens (tertiary/aromatic N) is 1. The Kier molecular flexibility index (Phi) is 4.77. The summed E-state index contributed by atoms with van der Waals surface area (Å²) in [6, 6.07) is 8.95. The van der Waals surface area contributed by atoms with Crippen LogP contribution < -0.4 is 10.2 Å². The van der Waals surface area contributed by atoms with E-state index in [0.29, 0.717) is 17.7 Å². The number of Topliss-reactive ketones (excluding diaryl/α,β-unsaturated/α-hetero) is 1. The summed E-state index contributed by atoms with van der Waals surface area (Å²) >= 11 is 3.40. The summed E-state index contributed by atoms with van der Waals surface area (Å²) < 4.78 is 40.3. The number of hydrogen-bond acceptors (Lipinski definition) is 2. The fourth-order valence-corrected chi connectivity index (χ4v) is 4.37. The Labute approximate surface area is 173 Å². The highest BCUT2D eigenvalue weighted by atomic mass is 79.9. The van der Waals surface area contributed by atoms with Gasteiger partial charge in [0.2, 0.25) is 0 Å². The molecule has 0 bridgehead atoms. The Bertz CT molecular complexity index is 1060. The predicted octanol–water partition coefficient (Wildman–Crippen LogP) is 5.66. The molecule has 0 aromatic heterocycles. The van der Waals surface area contributed by atoms with Gasteiger partial charge in [-0.3, -0.25) is 9.69 Å². The molecule has 4 rings (SSSR count). The number of halogens is 4. The highest BCUT2D eigenvalue weighted by Gasteiger charge is 2.42. The first kappa shape index (κ1) is 19.7. The number of ketones is 1. The number of hydrogen-bond donors (Lipinski definition) is 1. The first-order valence-corrected chi connectivity index (χ1v) is 9.76. The van der Waals surface area contributed by atoms with Crippen LogP contribution in [0.5, 0.6) is 0 Å². The van der Waals surface area contributed by atoms with Crippen molar-refractivity contribution in [1.29, 1.82) is 0 Å². The number of amides is 2. The van der Waals surface area contributed by atoms with E-state index in [1.54, 1.807) is 0 Å². The van der Waals surface area contributed by atoms with Crippen LogP contribution in [0.1, 0.15) is 35.6 Å². The van der Waals surface area contributed by atoms with Gasteiger partial charge in [-0.05, 0) is 54.8 Å². The van der Waals surface area contributed by atoms with Crippen molar-refractivity contribution in [2.75, 3.05) is 4.90 Å². The first-order chi connectivity index (χ1) is 13.7. The lowest BCUT2D eigenvalue weighted by atomic mass is 9.92. The molecule has 150 valence electrons. The lowest BCUT2D eigenvalue weighted by Crippen LogP contribution is -2.47. The van der Waals surface area contributed by atoms with Crippen molar-refractivity contribution in [1.82, 2.24) is 5.32 Å². The third-order valence-corrected chi connectivity index (χ3v) is 5.70. The lowest BCUT2D eigenvalue weighted by molar-refractivity contribution is -0.137. The maximum atomic E-state index is 13.1. The van der Waals surface area contributed by atoms with Gasteiger partial charge in [-0.1, -0.05) is 28.1 Å². The maximum Gasteiger partial charge on any atom is 0.416 e. The molecule has 1 heterocycles. The third-order valence-electron chi connectivity index (χ3n) is 5.20. The van der Waals surface area contributed by atoms with Crippen LogP contribution in [0.25, 0.3) is 0 Å². The van der Waals surface area contributed by atoms with Crippen LogP contribution in [-0.4, -0.2) is 11.8 Å². The number of allylic oxidation sites excluding steroid dienone is 1. The third kappa shape index (κ3) is 3.46. The number of rotatable bonds is 2. The summed E-state index contributed by atoms with van der Waals surface area (Å²) in [5.41, 5.74) is 1.82. The minimum atomic E-state index is -4.53. The average molecular weight is 465 g/mol. The molecule has 2 aliphatic rings. The molecule has 1 N–H and O–H groups in total. The van der Waals surface area contributed by atoms with Gasteiger partial charge in [0.1, 0.15) is 0 Å². The first-order valence-electron chi connectivity index (χ1n) is 8.97. The second kappa shape index (κ2) is 7.02. The quantitative estimate of drug-likeness (QED) is 0.622. The van der Waals surface area contributed by atoms with Crippen molar-refractivity contribution in [2.45, 2.75) is 32.0 Å². The highest BCUT2D eigenvalue weighted by Crippen LogP contribution is 2.42. The summed E-state index contributed by atoms with van der Waals surface area (Å²) in [5.74, 6) is -0.107. The van der Waals surface area contributed by atoms with Crippen molar-refractivity contribution in [2.24, 2.45) is 0 Å². The van der Waals surface area contributed by atoms with Crippen LogP contribution in [0.3, 0.4) is 0 Å². The number of nitrogens with one attached hydrogen (secondary N) is 1. The Morgan fingerprint density at radius 2 is 1.86 bits per heavy atom. The van der Waals surface area contributed by atoms with Crippen molar-refractivity contribution in [3.05, 3.63) is 74.9 Å². The lowest BCUT2D eigenvalue weighted by Gasteiger charge is -2.35. The molecule has 2 aromatic rings. The predicted molar refractivity (Wildman–Crippen MR) is 105 cm³/mol. The number of alkyl halides is 3. The number of aryl methyl sites for hydroxylation is 1.